The lowest BCUT2D eigenvalue weighted by molar-refractivity contribution is -0.141. The molecule has 0 saturated heterocycles. The molecular formula is C27H26ClN3O5S. The molecule has 192 valence electrons. The SMILES string of the molecule is CNC(=O)[C@@H](Cc1ccccc1)N(Cc1ccc(Cl)cc1)C(=O)CCN1C(=O)c2ccccc2S1(=O)=O. The van der Waals surface area contributed by atoms with E-state index in [1.807, 2.05) is 30.3 Å². The second-order valence-corrected chi connectivity index (χ2v) is 10.9. The van der Waals surface area contributed by atoms with Crippen LogP contribution in [0.25, 0.3) is 0 Å². The highest BCUT2D eigenvalue weighted by Gasteiger charge is 2.41. The Labute approximate surface area is 220 Å². The molecule has 0 aromatic heterocycles. The van der Waals surface area contributed by atoms with Crippen molar-refractivity contribution >= 4 is 39.3 Å². The van der Waals surface area contributed by atoms with Crippen LogP contribution in [-0.2, 0) is 32.6 Å². The zero-order valence-corrected chi connectivity index (χ0v) is 21.7. The molecule has 3 aromatic rings. The predicted octanol–water partition coefficient (Wildman–Crippen LogP) is 3.26. The van der Waals surface area contributed by atoms with E-state index in [4.69, 9.17) is 11.6 Å². The maximum Gasteiger partial charge on any atom is 0.269 e. The van der Waals surface area contributed by atoms with Gasteiger partial charge >= 0.3 is 0 Å². The third kappa shape index (κ3) is 5.68. The van der Waals surface area contributed by atoms with Crippen molar-refractivity contribution < 1.29 is 22.8 Å². The van der Waals surface area contributed by atoms with Crippen molar-refractivity contribution in [3.05, 3.63) is 101 Å². The van der Waals surface area contributed by atoms with E-state index in [0.29, 0.717) is 5.02 Å². The van der Waals surface area contributed by atoms with E-state index in [9.17, 15) is 22.8 Å². The van der Waals surface area contributed by atoms with Crippen LogP contribution in [0.15, 0.2) is 83.8 Å². The lowest BCUT2D eigenvalue weighted by atomic mass is 10.0. The van der Waals surface area contributed by atoms with Crippen LogP contribution in [0.1, 0.15) is 27.9 Å². The molecule has 10 heteroatoms. The summed E-state index contributed by atoms with van der Waals surface area (Å²) < 4.78 is 26.6. The van der Waals surface area contributed by atoms with Gasteiger partial charge in [-0.25, -0.2) is 12.7 Å². The summed E-state index contributed by atoms with van der Waals surface area (Å²) in [5.41, 5.74) is 1.69. The second-order valence-electron chi connectivity index (χ2n) is 8.60. The molecule has 0 fully saturated rings. The number of halogens is 1. The fourth-order valence-corrected chi connectivity index (χ4v) is 6.00. The first-order valence-electron chi connectivity index (χ1n) is 11.7. The largest absolute Gasteiger partial charge is 0.357 e. The molecule has 0 saturated carbocycles. The number of nitrogens with zero attached hydrogens (tertiary/aromatic N) is 2. The average Bonchev–Trinajstić information content (AvgIpc) is 3.10. The number of fused-ring (bicyclic) bond motifs is 1. The van der Waals surface area contributed by atoms with Gasteiger partial charge in [0.25, 0.3) is 15.9 Å². The second kappa shape index (κ2) is 11.1. The Hall–Kier alpha value is -3.69. The van der Waals surface area contributed by atoms with Crippen LogP contribution in [-0.4, -0.2) is 55.0 Å². The first-order chi connectivity index (χ1) is 17.7. The van der Waals surface area contributed by atoms with Crippen LogP contribution < -0.4 is 5.32 Å². The number of rotatable bonds is 9. The molecule has 1 heterocycles. The Bertz CT molecular complexity index is 1410. The minimum Gasteiger partial charge on any atom is -0.357 e. The molecule has 0 spiro atoms. The predicted molar refractivity (Wildman–Crippen MR) is 139 cm³/mol. The molecule has 0 unspecified atom stereocenters. The monoisotopic (exact) mass is 539 g/mol. The molecule has 0 aliphatic carbocycles. The van der Waals surface area contributed by atoms with Crippen LogP contribution in [0.3, 0.4) is 0 Å². The first kappa shape index (κ1) is 26.4. The van der Waals surface area contributed by atoms with Crippen LogP contribution in [0.4, 0.5) is 0 Å². The van der Waals surface area contributed by atoms with Crippen molar-refractivity contribution in [3.8, 4) is 0 Å². The summed E-state index contributed by atoms with van der Waals surface area (Å²) in [6.45, 7) is -0.237. The van der Waals surface area contributed by atoms with Gasteiger partial charge in [0.15, 0.2) is 0 Å². The fourth-order valence-electron chi connectivity index (χ4n) is 4.30. The van der Waals surface area contributed by atoms with Gasteiger partial charge in [0.2, 0.25) is 11.8 Å². The topological polar surface area (TPSA) is 104 Å². The van der Waals surface area contributed by atoms with Crippen molar-refractivity contribution in [2.75, 3.05) is 13.6 Å². The molecule has 3 aromatic carbocycles. The zero-order valence-electron chi connectivity index (χ0n) is 20.1. The van der Waals surface area contributed by atoms with Gasteiger partial charge in [-0.2, -0.15) is 0 Å². The zero-order chi connectivity index (χ0) is 26.6. The molecule has 37 heavy (non-hydrogen) atoms. The number of nitrogens with one attached hydrogen (secondary N) is 1. The Morgan fingerprint density at radius 1 is 0.946 bits per heavy atom. The van der Waals surface area contributed by atoms with Gasteiger partial charge in [-0.1, -0.05) is 66.2 Å². The van der Waals surface area contributed by atoms with Gasteiger partial charge in [-0.3, -0.25) is 14.4 Å². The maximum absolute atomic E-state index is 13.6. The van der Waals surface area contributed by atoms with E-state index in [-0.39, 0.29) is 42.3 Å². The number of amides is 3. The summed E-state index contributed by atoms with van der Waals surface area (Å²) >= 11 is 6.02. The van der Waals surface area contributed by atoms with Crippen LogP contribution in [0.2, 0.25) is 5.02 Å². The van der Waals surface area contributed by atoms with Gasteiger partial charge in [0.1, 0.15) is 10.9 Å². The lowest BCUT2D eigenvalue weighted by Crippen LogP contribution is -2.50. The molecule has 1 N–H and O–H groups in total. The Kier molecular flexibility index (Phi) is 7.94. The molecule has 8 nitrogen and oxygen atoms in total. The van der Waals surface area contributed by atoms with Crippen LogP contribution >= 0.6 is 11.6 Å². The molecule has 4 rings (SSSR count). The number of sulfonamides is 1. The molecular weight excluding hydrogens is 514 g/mol. The van der Waals surface area contributed by atoms with E-state index in [1.165, 1.54) is 24.1 Å². The van der Waals surface area contributed by atoms with E-state index in [2.05, 4.69) is 5.32 Å². The highest BCUT2D eigenvalue weighted by atomic mass is 35.5. The Morgan fingerprint density at radius 3 is 2.24 bits per heavy atom. The quantitative estimate of drug-likeness (QED) is 0.449. The first-order valence-corrected chi connectivity index (χ1v) is 13.5. The summed E-state index contributed by atoms with van der Waals surface area (Å²) in [6, 6.07) is 21.3. The van der Waals surface area contributed by atoms with Gasteiger partial charge in [-0.15, -0.1) is 0 Å². The van der Waals surface area contributed by atoms with E-state index in [1.54, 1.807) is 36.4 Å². The number of carbonyl (C=O) groups excluding carboxylic acids is 3. The molecule has 1 atom stereocenters. The van der Waals surface area contributed by atoms with Crippen molar-refractivity contribution in [2.24, 2.45) is 0 Å². The van der Waals surface area contributed by atoms with Crippen molar-refractivity contribution in [3.63, 3.8) is 0 Å². The lowest BCUT2D eigenvalue weighted by Gasteiger charge is -2.31. The molecule has 1 aliphatic heterocycles. The number of likely N-dealkylation sites (N-methyl/N-ethyl adjacent to an activating group) is 1. The Morgan fingerprint density at radius 2 is 1.59 bits per heavy atom. The van der Waals surface area contributed by atoms with Gasteiger partial charge in [0, 0.05) is 38.0 Å². The number of hydrogen-bond donors (Lipinski definition) is 1. The van der Waals surface area contributed by atoms with Gasteiger partial charge in [0.05, 0.1) is 5.56 Å². The normalized spacial score (nSPS) is 14.6. The van der Waals surface area contributed by atoms with Gasteiger partial charge < -0.3 is 10.2 Å². The Balaban J connectivity index is 1.61. The number of carbonyl (C=O) groups is 3. The smallest absolute Gasteiger partial charge is 0.269 e. The van der Waals surface area contributed by atoms with E-state index in [0.717, 1.165) is 15.4 Å². The van der Waals surface area contributed by atoms with Crippen molar-refractivity contribution in [2.45, 2.75) is 30.3 Å². The standard InChI is InChI=1S/C27H26ClN3O5S/c1-29-26(33)23(17-19-7-3-2-4-8-19)30(18-20-11-13-21(28)14-12-20)25(32)15-16-31-27(34)22-9-5-6-10-24(22)37(31,35)36/h2-14,23H,15-18H2,1H3,(H,29,33)/t23-/m1/s1. The summed E-state index contributed by atoms with van der Waals surface area (Å²) in [7, 11) is -2.55. The summed E-state index contributed by atoms with van der Waals surface area (Å²) in [5.74, 6) is -1.48. The van der Waals surface area contributed by atoms with Crippen LogP contribution in [0, 0.1) is 0 Å². The molecule has 0 radical (unpaired) electrons. The molecule has 0 bridgehead atoms. The number of benzene rings is 3. The summed E-state index contributed by atoms with van der Waals surface area (Å²) in [4.78, 5) is 40.7. The van der Waals surface area contributed by atoms with Crippen molar-refractivity contribution in [1.29, 1.82) is 0 Å². The highest BCUT2D eigenvalue weighted by Crippen LogP contribution is 2.30. The maximum atomic E-state index is 13.6. The van der Waals surface area contributed by atoms with Crippen LogP contribution in [0.5, 0.6) is 0 Å². The minimum atomic E-state index is -4.05. The molecule has 3 amide bonds. The summed E-state index contributed by atoms with van der Waals surface area (Å²) in [6.07, 6.45) is -0.0267. The fraction of sp³-hybridized carbons (Fsp3) is 0.222. The van der Waals surface area contributed by atoms with E-state index < -0.39 is 27.9 Å². The van der Waals surface area contributed by atoms with Crippen molar-refractivity contribution in [1.82, 2.24) is 14.5 Å². The van der Waals surface area contributed by atoms with E-state index >= 15 is 0 Å². The third-order valence-electron chi connectivity index (χ3n) is 6.22. The minimum absolute atomic E-state index is 0.0715. The highest BCUT2D eigenvalue weighted by molar-refractivity contribution is 7.90. The summed E-state index contributed by atoms with van der Waals surface area (Å²) in [5, 5.41) is 3.16. The van der Waals surface area contributed by atoms with Gasteiger partial charge in [-0.05, 0) is 35.4 Å². The number of hydrogen-bond acceptors (Lipinski definition) is 5. The molecule has 1 aliphatic rings. The average molecular weight is 540 g/mol. The third-order valence-corrected chi connectivity index (χ3v) is 8.32.